The average molecular weight is 590 g/mol. The molecule has 0 bridgehead atoms. The van der Waals surface area contributed by atoms with Crippen molar-refractivity contribution in [3.63, 3.8) is 0 Å². The van der Waals surface area contributed by atoms with Gasteiger partial charge >= 0.3 is 5.97 Å². The van der Waals surface area contributed by atoms with Gasteiger partial charge in [-0.15, -0.1) is 0 Å². The van der Waals surface area contributed by atoms with Crippen LogP contribution in [-0.2, 0) is 9.53 Å². The minimum absolute atomic E-state index is 0.177. The molecule has 6 nitrogen and oxygen atoms in total. The van der Waals surface area contributed by atoms with Gasteiger partial charge in [0.1, 0.15) is 0 Å². The highest BCUT2D eigenvalue weighted by atomic mass is 32.1. The second-order valence-corrected chi connectivity index (χ2v) is 12.1. The zero-order chi connectivity index (χ0) is 30.1. The van der Waals surface area contributed by atoms with Crippen LogP contribution in [0.15, 0.2) is 99.9 Å². The third-order valence-electron chi connectivity index (χ3n) is 7.90. The number of allylic oxidation sites excluding steroid dienone is 1. The van der Waals surface area contributed by atoms with Gasteiger partial charge in [-0.3, -0.25) is 9.36 Å². The van der Waals surface area contributed by atoms with Crippen LogP contribution in [-0.4, -0.2) is 22.1 Å². The zero-order valence-electron chi connectivity index (χ0n) is 24.9. The molecule has 7 heteroatoms. The number of ether oxygens (including phenoxy) is 1. The van der Waals surface area contributed by atoms with E-state index in [1.165, 1.54) is 16.9 Å². The Labute approximate surface area is 254 Å². The van der Waals surface area contributed by atoms with E-state index in [4.69, 9.17) is 9.73 Å². The highest BCUT2D eigenvalue weighted by Gasteiger charge is 2.34. The molecule has 5 aromatic rings. The van der Waals surface area contributed by atoms with Gasteiger partial charge in [-0.05, 0) is 48.1 Å². The Morgan fingerprint density at radius 3 is 2.44 bits per heavy atom. The SMILES string of the molecule is CCCC1=C(C(=O)OCC)[C@@H](c2ccc(C(C)C)cc2)n2c(s/c(=C\c3c(-c4ccccc4)[nH]c4ccccc34)c2=O)=N1. The number of para-hydroxylation sites is 1. The Kier molecular flexibility index (Phi) is 8.00. The minimum atomic E-state index is -0.628. The van der Waals surface area contributed by atoms with E-state index in [0.717, 1.165) is 39.7 Å². The Morgan fingerprint density at radius 2 is 1.74 bits per heavy atom. The number of nitrogens with one attached hydrogen (secondary N) is 1. The van der Waals surface area contributed by atoms with Crippen LogP contribution in [0.3, 0.4) is 0 Å². The molecular weight excluding hydrogens is 554 g/mol. The normalized spacial score (nSPS) is 15.2. The second-order valence-electron chi connectivity index (χ2n) is 11.1. The van der Waals surface area contributed by atoms with Gasteiger partial charge in [0.2, 0.25) is 0 Å². The molecule has 1 N–H and O–H groups in total. The highest BCUT2D eigenvalue weighted by Crippen LogP contribution is 2.34. The molecule has 0 radical (unpaired) electrons. The van der Waals surface area contributed by atoms with E-state index in [2.05, 4.69) is 56.1 Å². The van der Waals surface area contributed by atoms with Gasteiger partial charge in [-0.25, -0.2) is 9.79 Å². The second kappa shape index (κ2) is 12.0. The van der Waals surface area contributed by atoms with Crippen LogP contribution < -0.4 is 14.9 Å². The first kappa shape index (κ1) is 28.6. The summed E-state index contributed by atoms with van der Waals surface area (Å²) in [6.07, 6.45) is 3.39. The molecule has 3 aromatic carbocycles. The minimum Gasteiger partial charge on any atom is -0.463 e. The molecule has 3 heterocycles. The maximum Gasteiger partial charge on any atom is 0.338 e. The van der Waals surface area contributed by atoms with Crippen LogP contribution in [0, 0.1) is 0 Å². The molecular formula is C36H35N3O3S. The van der Waals surface area contributed by atoms with E-state index in [1.54, 1.807) is 11.5 Å². The Balaban J connectivity index is 1.61. The summed E-state index contributed by atoms with van der Waals surface area (Å²) >= 11 is 1.36. The van der Waals surface area contributed by atoms with Crippen molar-refractivity contribution < 1.29 is 9.53 Å². The lowest BCUT2D eigenvalue weighted by Crippen LogP contribution is -2.40. The van der Waals surface area contributed by atoms with Crippen molar-refractivity contribution >= 4 is 34.3 Å². The van der Waals surface area contributed by atoms with Gasteiger partial charge < -0.3 is 9.72 Å². The number of carbonyl (C=O) groups excluding carboxylic acids is 1. The number of nitrogens with zero attached hydrogens (tertiary/aromatic N) is 2. The fraction of sp³-hybridized carbons (Fsp3) is 0.250. The Bertz CT molecular complexity index is 2010. The summed E-state index contributed by atoms with van der Waals surface area (Å²) in [6, 6.07) is 25.8. The Hall–Kier alpha value is -4.49. The number of rotatable bonds is 8. The Morgan fingerprint density at radius 1 is 1.02 bits per heavy atom. The van der Waals surface area contributed by atoms with Crippen LogP contribution in [0.2, 0.25) is 0 Å². The summed E-state index contributed by atoms with van der Waals surface area (Å²) in [5.41, 5.74) is 6.94. The summed E-state index contributed by atoms with van der Waals surface area (Å²) in [6.45, 7) is 8.40. The molecule has 0 saturated carbocycles. The molecule has 6 rings (SSSR count). The van der Waals surface area contributed by atoms with Crippen LogP contribution in [0.4, 0.5) is 0 Å². The number of fused-ring (bicyclic) bond motifs is 2. The molecule has 0 saturated heterocycles. The maximum atomic E-state index is 14.4. The average Bonchev–Trinajstić information content (AvgIpc) is 3.54. The molecule has 0 unspecified atom stereocenters. The molecule has 0 fully saturated rings. The smallest absolute Gasteiger partial charge is 0.338 e. The number of benzene rings is 3. The molecule has 0 amide bonds. The number of esters is 1. The summed E-state index contributed by atoms with van der Waals surface area (Å²) < 4.78 is 7.80. The molecule has 1 aliphatic rings. The van der Waals surface area contributed by atoms with Gasteiger partial charge in [0.15, 0.2) is 4.80 Å². The quantitative estimate of drug-likeness (QED) is 0.201. The van der Waals surface area contributed by atoms with Crippen LogP contribution in [0.5, 0.6) is 0 Å². The lowest BCUT2D eigenvalue weighted by Gasteiger charge is -2.26. The number of aromatic amines is 1. The lowest BCUT2D eigenvalue weighted by molar-refractivity contribution is -0.139. The molecule has 1 aliphatic heterocycles. The van der Waals surface area contributed by atoms with E-state index in [0.29, 0.717) is 32.9 Å². The first-order valence-corrected chi connectivity index (χ1v) is 15.7. The third-order valence-corrected chi connectivity index (χ3v) is 8.88. The van der Waals surface area contributed by atoms with Gasteiger partial charge in [-0.1, -0.05) is 111 Å². The summed E-state index contributed by atoms with van der Waals surface area (Å²) in [5, 5.41) is 1.03. The largest absolute Gasteiger partial charge is 0.463 e. The van der Waals surface area contributed by atoms with Crippen molar-refractivity contribution in [2.45, 2.75) is 52.5 Å². The summed E-state index contributed by atoms with van der Waals surface area (Å²) in [5.74, 6) is -0.0633. The number of hydrogen-bond acceptors (Lipinski definition) is 5. The van der Waals surface area contributed by atoms with Crippen molar-refractivity contribution in [3.05, 3.63) is 127 Å². The highest BCUT2D eigenvalue weighted by molar-refractivity contribution is 7.07. The first-order chi connectivity index (χ1) is 20.9. The van der Waals surface area contributed by atoms with E-state index >= 15 is 0 Å². The van der Waals surface area contributed by atoms with Gasteiger partial charge in [-0.2, -0.15) is 0 Å². The van der Waals surface area contributed by atoms with E-state index in [9.17, 15) is 9.59 Å². The van der Waals surface area contributed by atoms with E-state index in [1.807, 2.05) is 54.6 Å². The number of carbonyl (C=O) groups is 1. The molecule has 2 aromatic heterocycles. The van der Waals surface area contributed by atoms with Gasteiger partial charge in [0, 0.05) is 16.5 Å². The monoisotopic (exact) mass is 589 g/mol. The van der Waals surface area contributed by atoms with E-state index in [-0.39, 0.29) is 12.2 Å². The van der Waals surface area contributed by atoms with Crippen LogP contribution in [0.1, 0.15) is 69.2 Å². The van der Waals surface area contributed by atoms with Crippen molar-refractivity contribution in [1.29, 1.82) is 0 Å². The van der Waals surface area contributed by atoms with Crippen molar-refractivity contribution in [3.8, 4) is 11.3 Å². The fourth-order valence-corrected chi connectivity index (χ4v) is 6.78. The summed E-state index contributed by atoms with van der Waals surface area (Å²) in [7, 11) is 0. The van der Waals surface area contributed by atoms with Gasteiger partial charge in [0.25, 0.3) is 5.56 Å². The number of aromatic nitrogens is 2. The zero-order valence-corrected chi connectivity index (χ0v) is 25.7. The summed E-state index contributed by atoms with van der Waals surface area (Å²) in [4.78, 5) is 37.0. The third kappa shape index (κ3) is 5.30. The first-order valence-electron chi connectivity index (χ1n) is 14.9. The molecule has 0 spiro atoms. The molecule has 218 valence electrons. The van der Waals surface area contributed by atoms with Crippen LogP contribution >= 0.6 is 11.3 Å². The fourth-order valence-electron chi connectivity index (χ4n) is 5.78. The van der Waals surface area contributed by atoms with E-state index < -0.39 is 12.0 Å². The number of H-pyrrole nitrogens is 1. The van der Waals surface area contributed by atoms with Gasteiger partial charge in [0.05, 0.1) is 34.1 Å². The van der Waals surface area contributed by atoms with Crippen LogP contribution in [0.25, 0.3) is 28.2 Å². The predicted octanol–water partition coefficient (Wildman–Crippen LogP) is 6.85. The molecule has 0 aliphatic carbocycles. The predicted molar refractivity (Wildman–Crippen MR) is 174 cm³/mol. The topological polar surface area (TPSA) is 76.5 Å². The van der Waals surface area contributed by atoms with Crippen molar-refractivity contribution in [2.75, 3.05) is 6.61 Å². The van der Waals surface area contributed by atoms with Crippen molar-refractivity contribution in [1.82, 2.24) is 9.55 Å². The number of hydrogen-bond donors (Lipinski definition) is 1. The molecule has 43 heavy (non-hydrogen) atoms. The molecule has 1 atom stereocenters. The standard InChI is InChI=1S/C36H35N3O3S/c1-5-12-29-31(35(41)42-6-2)33(25-19-17-23(18-20-25)22(3)4)39-34(40)30(43-36(39)38-29)21-27-26-15-10-11-16-28(26)37-32(27)24-13-8-7-9-14-24/h7-11,13-22,33,37H,5-6,12H2,1-4H3/b30-21-/t33-/m1/s1. The lowest BCUT2D eigenvalue weighted by atomic mass is 9.92. The van der Waals surface area contributed by atoms with Crippen molar-refractivity contribution in [2.24, 2.45) is 4.99 Å². The maximum absolute atomic E-state index is 14.4. The number of thiazole rings is 1.